The molecule has 4 rings (SSSR count). The average molecular weight is 393 g/mol. The van der Waals surface area contributed by atoms with Gasteiger partial charge in [-0.3, -0.25) is 14.6 Å². The molecule has 0 bridgehead atoms. The van der Waals surface area contributed by atoms with Crippen LogP contribution in [0.1, 0.15) is 16.1 Å². The fourth-order valence-electron chi connectivity index (χ4n) is 3.97. The monoisotopic (exact) mass is 393 g/mol. The van der Waals surface area contributed by atoms with Crippen LogP contribution in [0.2, 0.25) is 0 Å². The van der Waals surface area contributed by atoms with Crippen LogP contribution in [0.5, 0.6) is 0 Å². The van der Waals surface area contributed by atoms with Crippen molar-refractivity contribution in [3.05, 3.63) is 53.9 Å². The number of anilines is 2. The van der Waals surface area contributed by atoms with Crippen LogP contribution in [-0.2, 0) is 4.79 Å². The molecule has 7 heteroatoms. The van der Waals surface area contributed by atoms with Gasteiger partial charge in [-0.1, -0.05) is 12.1 Å². The fraction of sp³-hybridized carbons (Fsp3) is 0.409. The largest absolute Gasteiger partial charge is 0.368 e. The number of carbonyl (C=O) groups is 2. The third-order valence-corrected chi connectivity index (χ3v) is 5.72. The molecule has 2 amide bonds. The maximum absolute atomic E-state index is 13.0. The van der Waals surface area contributed by atoms with Crippen molar-refractivity contribution in [1.29, 1.82) is 0 Å². The second-order valence-corrected chi connectivity index (χ2v) is 7.65. The first kappa shape index (κ1) is 19.2. The summed E-state index contributed by atoms with van der Waals surface area (Å²) in [5.41, 5.74) is 3.94. The van der Waals surface area contributed by atoms with E-state index in [9.17, 15) is 9.59 Å². The molecule has 0 unspecified atom stereocenters. The number of hydrogen-bond donors (Lipinski definition) is 0. The van der Waals surface area contributed by atoms with Gasteiger partial charge in [-0.05, 0) is 36.8 Å². The van der Waals surface area contributed by atoms with Crippen molar-refractivity contribution in [3.8, 4) is 0 Å². The Kier molecular flexibility index (Phi) is 5.64. The van der Waals surface area contributed by atoms with E-state index >= 15 is 0 Å². The summed E-state index contributed by atoms with van der Waals surface area (Å²) < 4.78 is 0. The minimum atomic E-state index is -0.0118. The van der Waals surface area contributed by atoms with E-state index in [1.54, 1.807) is 11.1 Å². The zero-order chi connectivity index (χ0) is 20.2. The van der Waals surface area contributed by atoms with E-state index in [0.717, 1.165) is 38.3 Å². The molecule has 2 fully saturated rings. The number of aromatic nitrogens is 1. The fourth-order valence-corrected chi connectivity index (χ4v) is 3.97. The highest BCUT2D eigenvalue weighted by molar-refractivity contribution is 5.93. The summed E-state index contributed by atoms with van der Waals surface area (Å²) in [4.78, 5) is 36.4. The second-order valence-electron chi connectivity index (χ2n) is 7.65. The molecule has 29 heavy (non-hydrogen) atoms. The molecule has 0 radical (unpaired) electrons. The summed E-state index contributed by atoms with van der Waals surface area (Å²) in [5, 5.41) is 0. The summed E-state index contributed by atoms with van der Waals surface area (Å²) in [7, 11) is 0. The molecule has 2 aliphatic heterocycles. The maximum atomic E-state index is 13.0. The number of pyridine rings is 1. The molecule has 0 saturated carbocycles. The molecular formula is C22H27N5O2. The van der Waals surface area contributed by atoms with Gasteiger partial charge in [-0.15, -0.1) is 0 Å². The molecule has 1 aromatic carbocycles. The third kappa shape index (κ3) is 4.34. The van der Waals surface area contributed by atoms with Gasteiger partial charge in [0.2, 0.25) is 6.41 Å². The summed E-state index contributed by atoms with van der Waals surface area (Å²) >= 11 is 0. The number of nitrogens with zero attached hydrogens (tertiary/aromatic N) is 5. The zero-order valence-electron chi connectivity index (χ0n) is 16.8. The molecule has 0 aliphatic carbocycles. The predicted molar refractivity (Wildman–Crippen MR) is 113 cm³/mol. The Hall–Kier alpha value is -3.09. The van der Waals surface area contributed by atoms with E-state index in [4.69, 9.17) is 0 Å². The summed E-state index contributed by atoms with van der Waals surface area (Å²) in [5.74, 6) is -0.0118. The minimum Gasteiger partial charge on any atom is -0.368 e. The van der Waals surface area contributed by atoms with Crippen molar-refractivity contribution in [2.75, 3.05) is 62.2 Å². The van der Waals surface area contributed by atoms with Gasteiger partial charge in [-0.2, -0.15) is 0 Å². The lowest BCUT2D eigenvalue weighted by Gasteiger charge is -2.36. The van der Waals surface area contributed by atoms with Crippen molar-refractivity contribution in [3.63, 3.8) is 0 Å². The van der Waals surface area contributed by atoms with E-state index in [0.29, 0.717) is 31.9 Å². The smallest absolute Gasteiger partial charge is 0.272 e. The van der Waals surface area contributed by atoms with E-state index in [1.807, 2.05) is 17.0 Å². The number of aryl methyl sites for hydroxylation is 1. The average Bonchev–Trinajstić information content (AvgIpc) is 2.79. The van der Waals surface area contributed by atoms with Gasteiger partial charge in [0.25, 0.3) is 5.91 Å². The Morgan fingerprint density at radius 1 is 0.897 bits per heavy atom. The molecule has 0 atom stereocenters. The Balaban J connectivity index is 1.38. The Labute approximate surface area is 171 Å². The first-order valence-electron chi connectivity index (χ1n) is 10.2. The summed E-state index contributed by atoms with van der Waals surface area (Å²) in [6.07, 6.45) is 2.60. The van der Waals surface area contributed by atoms with E-state index < -0.39 is 0 Å². The Bertz CT molecular complexity index is 871. The molecule has 2 saturated heterocycles. The normalized spacial score (nSPS) is 17.4. The van der Waals surface area contributed by atoms with Gasteiger partial charge >= 0.3 is 0 Å². The lowest BCUT2D eigenvalue weighted by atomic mass is 10.2. The predicted octanol–water partition coefficient (Wildman–Crippen LogP) is 1.63. The lowest BCUT2D eigenvalue weighted by Crippen LogP contribution is -2.49. The van der Waals surface area contributed by atoms with E-state index in [2.05, 4.69) is 46.0 Å². The van der Waals surface area contributed by atoms with Crippen molar-refractivity contribution < 1.29 is 9.59 Å². The summed E-state index contributed by atoms with van der Waals surface area (Å²) in [6.45, 7) is 8.07. The quantitative estimate of drug-likeness (QED) is 0.739. The minimum absolute atomic E-state index is 0.0118. The molecule has 2 aromatic rings. The van der Waals surface area contributed by atoms with Crippen LogP contribution in [0.25, 0.3) is 0 Å². The number of hydrogen-bond acceptors (Lipinski definition) is 5. The van der Waals surface area contributed by atoms with Gasteiger partial charge in [0, 0.05) is 69.9 Å². The Morgan fingerprint density at radius 2 is 1.55 bits per heavy atom. The zero-order valence-corrected chi connectivity index (χ0v) is 16.8. The van der Waals surface area contributed by atoms with E-state index in [1.165, 1.54) is 11.3 Å². The van der Waals surface area contributed by atoms with Crippen LogP contribution in [0.4, 0.5) is 11.4 Å². The first-order chi connectivity index (χ1) is 14.1. The maximum Gasteiger partial charge on any atom is 0.272 e. The molecule has 0 N–H and O–H groups in total. The van der Waals surface area contributed by atoms with Gasteiger partial charge < -0.3 is 19.6 Å². The van der Waals surface area contributed by atoms with Crippen molar-refractivity contribution >= 4 is 23.7 Å². The standard InChI is InChI=1S/C22H27N5O2/c1-18-3-2-4-19(15-18)26-11-13-27(14-12-26)22(29)21-16-20(5-6-23-21)25-9-7-24(17-28)8-10-25/h2-6,15-17H,7-14H2,1H3. The highest BCUT2D eigenvalue weighted by Crippen LogP contribution is 2.20. The van der Waals surface area contributed by atoms with Crippen LogP contribution < -0.4 is 9.80 Å². The molecule has 0 spiro atoms. The molecule has 1 aromatic heterocycles. The SMILES string of the molecule is Cc1cccc(N2CCN(C(=O)c3cc(N4CCN(C=O)CC4)ccn3)CC2)c1. The number of carbonyl (C=O) groups excluding carboxylic acids is 2. The van der Waals surface area contributed by atoms with Crippen LogP contribution in [0.15, 0.2) is 42.6 Å². The third-order valence-electron chi connectivity index (χ3n) is 5.72. The van der Waals surface area contributed by atoms with Gasteiger partial charge in [0.15, 0.2) is 0 Å². The highest BCUT2D eigenvalue weighted by atomic mass is 16.2. The Morgan fingerprint density at radius 3 is 2.21 bits per heavy atom. The number of amides is 2. The topological polar surface area (TPSA) is 60.0 Å². The van der Waals surface area contributed by atoms with Crippen LogP contribution in [0, 0.1) is 6.92 Å². The first-order valence-corrected chi connectivity index (χ1v) is 10.2. The van der Waals surface area contributed by atoms with Gasteiger partial charge in [0.05, 0.1) is 0 Å². The van der Waals surface area contributed by atoms with Crippen molar-refractivity contribution in [2.45, 2.75) is 6.92 Å². The molecule has 7 nitrogen and oxygen atoms in total. The molecule has 2 aliphatic rings. The van der Waals surface area contributed by atoms with Crippen molar-refractivity contribution in [1.82, 2.24) is 14.8 Å². The van der Waals surface area contributed by atoms with E-state index in [-0.39, 0.29) is 5.91 Å². The number of piperazine rings is 2. The van der Waals surface area contributed by atoms with Crippen LogP contribution in [-0.4, -0.2) is 79.5 Å². The summed E-state index contributed by atoms with van der Waals surface area (Å²) in [6, 6.07) is 12.3. The van der Waals surface area contributed by atoms with Gasteiger partial charge in [-0.25, -0.2) is 0 Å². The van der Waals surface area contributed by atoms with Crippen LogP contribution in [0.3, 0.4) is 0 Å². The lowest BCUT2D eigenvalue weighted by molar-refractivity contribution is -0.118. The number of rotatable bonds is 4. The molecule has 152 valence electrons. The van der Waals surface area contributed by atoms with Gasteiger partial charge in [0.1, 0.15) is 5.69 Å². The van der Waals surface area contributed by atoms with Crippen molar-refractivity contribution in [2.24, 2.45) is 0 Å². The number of benzene rings is 1. The highest BCUT2D eigenvalue weighted by Gasteiger charge is 2.24. The van der Waals surface area contributed by atoms with Crippen LogP contribution >= 0.6 is 0 Å². The molecular weight excluding hydrogens is 366 g/mol. The molecule has 3 heterocycles. The second kappa shape index (κ2) is 8.51.